The Kier molecular flexibility index (Phi) is 4.99. The van der Waals surface area contributed by atoms with Crippen LogP contribution in [-0.4, -0.2) is 44.1 Å². The highest BCUT2D eigenvalue weighted by molar-refractivity contribution is 5.47. The zero-order chi connectivity index (χ0) is 12.8. The summed E-state index contributed by atoms with van der Waals surface area (Å²) in [5.74, 6) is 0. The van der Waals surface area contributed by atoms with Gasteiger partial charge in [0.1, 0.15) is 0 Å². The Balaban J connectivity index is 1.88. The van der Waals surface area contributed by atoms with Gasteiger partial charge in [-0.3, -0.25) is 0 Å². The van der Waals surface area contributed by atoms with E-state index in [0.717, 1.165) is 32.8 Å². The van der Waals surface area contributed by atoms with Gasteiger partial charge in [0.05, 0.1) is 19.8 Å². The molecule has 2 N–H and O–H groups in total. The monoisotopic (exact) mass is 250 g/mol. The van der Waals surface area contributed by atoms with Crippen LogP contribution in [0.3, 0.4) is 0 Å². The van der Waals surface area contributed by atoms with Crippen molar-refractivity contribution in [2.45, 2.75) is 19.5 Å². The predicted molar refractivity (Wildman–Crippen MR) is 72.9 cm³/mol. The minimum Gasteiger partial charge on any atom is -0.395 e. The molecular formula is C14H22N2O2. The molecule has 0 bridgehead atoms. The summed E-state index contributed by atoms with van der Waals surface area (Å²) >= 11 is 0. The van der Waals surface area contributed by atoms with Gasteiger partial charge in [-0.25, -0.2) is 0 Å². The van der Waals surface area contributed by atoms with Gasteiger partial charge in [-0.05, 0) is 24.6 Å². The Morgan fingerprint density at radius 1 is 1.28 bits per heavy atom. The van der Waals surface area contributed by atoms with Crippen molar-refractivity contribution in [1.29, 1.82) is 0 Å². The van der Waals surface area contributed by atoms with Crippen LogP contribution in [-0.2, 0) is 11.3 Å². The first kappa shape index (κ1) is 13.3. The number of nitrogens with one attached hydrogen (secondary N) is 1. The summed E-state index contributed by atoms with van der Waals surface area (Å²) in [5.41, 5.74) is 2.50. The average Bonchev–Trinajstić information content (AvgIpc) is 2.46. The van der Waals surface area contributed by atoms with E-state index in [9.17, 15) is 0 Å². The van der Waals surface area contributed by atoms with Crippen molar-refractivity contribution in [2.24, 2.45) is 0 Å². The van der Waals surface area contributed by atoms with E-state index >= 15 is 0 Å². The molecule has 0 amide bonds. The second-order valence-electron chi connectivity index (χ2n) is 4.73. The van der Waals surface area contributed by atoms with E-state index in [1.807, 2.05) is 6.92 Å². The largest absolute Gasteiger partial charge is 0.395 e. The van der Waals surface area contributed by atoms with Crippen molar-refractivity contribution >= 4 is 5.69 Å². The molecule has 1 atom stereocenters. The summed E-state index contributed by atoms with van der Waals surface area (Å²) in [5, 5.41) is 12.2. The molecule has 1 unspecified atom stereocenters. The van der Waals surface area contributed by atoms with Gasteiger partial charge in [-0.1, -0.05) is 12.1 Å². The third-order valence-electron chi connectivity index (χ3n) is 3.24. The minimum absolute atomic E-state index is 0.143. The van der Waals surface area contributed by atoms with E-state index in [0.29, 0.717) is 0 Å². The molecule has 0 aromatic heterocycles. The lowest BCUT2D eigenvalue weighted by Crippen LogP contribution is -2.36. The summed E-state index contributed by atoms with van der Waals surface area (Å²) in [4.78, 5) is 2.34. The molecule has 1 aliphatic rings. The van der Waals surface area contributed by atoms with Crippen molar-refractivity contribution < 1.29 is 9.84 Å². The zero-order valence-electron chi connectivity index (χ0n) is 10.9. The van der Waals surface area contributed by atoms with Crippen LogP contribution >= 0.6 is 0 Å². The first-order chi connectivity index (χ1) is 8.79. The standard InChI is InChI=1S/C14H22N2O2/c1-12(11-17)15-10-13-2-4-14(5-3-13)16-6-8-18-9-7-16/h2-5,12,15,17H,6-11H2,1H3. The van der Waals surface area contributed by atoms with Gasteiger partial charge in [-0.15, -0.1) is 0 Å². The zero-order valence-corrected chi connectivity index (χ0v) is 10.9. The van der Waals surface area contributed by atoms with Gasteiger partial charge in [0.15, 0.2) is 0 Å². The Bertz CT molecular complexity index is 347. The molecule has 4 nitrogen and oxygen atoms in total. The maximum Gasteiger partial charge on any atom is 0.0642 e. The second-order valence-corrected chi connectivity index (χ2v) is 4.73. The highest BCUT2D eigenvalue weighted by Crippen LogP contribution is 2.16. The van der Waals surface area contributed by atoms with Crippen LogP contribution in [0.25, 0.3) is 0 Å². The number of nitrogens with zero attached hydrogens (tertiary/aromatic N) is 1. The minimum atomic E-state index is 0.143. The molecule has 1 aromatic rings. The molecule has 1 fully saturated rings. The fourth-order valence-electron chi connectivity index (χ4n) is 2.00. The van der Waals surface area contributed by atoms with Crippen molar-refractivity contribution in [3.63, 3.8) is 0 Å². The number of rotatable bonds is 5. The van der Waals surface area contributed by atoms with Crippen molar-refractivity contribution in [2.75, 3.05) is 37.8 Å². The quantitative estimate of drug-likeness (QED) is 0.818. The van der Waals surface area contributed by atoms with Crippen LogP contribution in [0.5, 0.6) is 0 Å². The van der Waals surface area contributed by atoms with E-state index in [-0.39, 0.29) is 12.6 Å². The molecule has 2 rings (SSSR count). The van der Waals surface area contributed by atoms with Gasteiger partial charge in [-0.2, -0.15) is 0 Å². The number of aliphatic hydroxyl groups is 1. The predicted octanol–water partition coefficient (Wildman–Crippen LogP) is 0.994. The number of morpholine rings is 1. The Morgan fingerprint density at radius 3 is 2.56 bits per heavy atom. The fourth-order valence-corrected chi connectivity index (χ4v) is 2.00. The van der Waals surface area contributed by atoms with Gasteiger partial charge < -0.3 is 20.1 Å². The first-order valence-electron chi connectivity index (χ1n) is 6.55. The maximum absolute atomic E-state index is 8.95. The van der Waals surface area contributed by atoms with E-state index in [1.165, 1.54) is 11.3 Å². The van der Waals surface area contributed by atoms with E-state index in [4.69, 9.17) is 9.84 Å². The van der Waals surface area contributed by atoms with Gasteiger partial charge in [0.25, 0.3) is 0 Å². The van der Waals surface area contributed by atoms with E-state index < -0.39 is 0 Å². The number of benzene rings is 1. The third kappa shape index (κ3) is 3.70. The Hall–Kier alpha value is -1.10. The number of hydrogen-bond donors (Lipinski definition) is 2. The summed E-state index contributed by atoms with van der Waals surface area (Å²) in [6.45, 7) is 6.52. The lowest BCUT2D eigenvalue weighted by molar-refractivity contribution is 0.122. The molecule has 0 radical (unpaired) electrons. The molecule has 0 saturated carbocycles. The number of aliphatic hydroxyl groups excluding tert-OH is 1. The maximum atomic E-state index is 8.95. The van der Waals surface area contributed by atoms with E-state index in [1.54, 1.807) is 0 Å². The molecular weight excluding hydrogens is 228 g/mol. The molecule has 1 aliphatic heterocycles. The van der Waals surface area contributed by atoms with Crippen molar-refractivity contribution in [1.82, 2.24) is 5.32 Å². The van der Waals surface area contributed by atoms with Crippen LogP contribution in [0.15, 0.2) is 24.3 Å². The van der Waals surface area contributed by atoms with Gasteiger partial charge in [0.2, 0.25) is 0 Å². The van der Waals surface area contributed by atoms with Gasteiger partial charge in [0, 0.05) is 31.4 Å². The summed E-state index contributed by atoms with van der Waals surface area (Å²) < 4.78 is 5.35. The fraction of sp³-hybridized carbons (Fsp3) is 0.571. The third-order valence-corrected chi connectivity index (χ3v) is 3.24. The van der Waals surface area contributed by atoms with E-state index in [2.05, 4.69) is 34.5 Å². The summed E-state index contributed by atoms with van der Waals surface area (Å²) in [6, 6.07) is 8.74. The average molecular weight is 250 g/mol. The van der Waals surface area contributed by atoms with Crippen LogP contribution < -0.4 is 10.2 Å². The van der Waals surface area contributed by atoms with Crippen LogP contribution in [0.4, 0.5) is 5.69 Å². The molecule has 0 spiro atoms. The second kappa shape index (κ2) is 6.73. The smallest absolute Gasteiger partial charge is 0.0642 e. The number of anilines is 1. The SMILES string of the molecule is CC(CO)NCc1ccc(N2CCOCC2)cc1. The number of hydrogen-bond acceptors (Lipinski definition) is 4. The van der Waals surface area contributed by atoms with Crippen LogP contribution in [0.2, 0.25) is 0 Å². The Labute approximate surface area is 109 Å². The molecule has 18 heavy (non-hydrogen) atoms. The van der Waals surface area contributed by atoms with Crippen LogP contribution in [0.1, 0.15) is 12.5 Å². The lowest BCUT2D eigenvalue weighted by Gasteiger charge is -2.29. The highest BCUT2D eigenvalue weighted by Gasteiger charge is 2.10. The molecule has 1 heterocycles. The lowest BCUT2D eigenvalue weighted by atomic mass is 10.2. The molecule has 4 heteroatoms. The summed E-state index contributed by atoms with van der Waals surface area (Å²) in [7, 11) is 0. The number of ether oxygens (including phenoxy) is 1. The van der Waals surface area contributed by atoms with Crippen molar-refractivity contribution in [3.8, 4) is 0 Å². The molecule has 100 valence electrons. The van der Waals surface area contributed by atoms with Gasteiger partial charge >= 0.3 is 0 Å². The molecule has 1 aromatic carbocycles. The topological polar surface area (TPSA) is 44.7 Å². The Morgan fingerprint density at radius 2 is 1.94 bits per heavy atom. The highest BCUT2D eigenvalue weighted by atomic mass is 16.5. The van der Waals surface area contributed by atoms with Crippen LogP contribution in [0, 0.1) is 0 Å². The first-order valence-corrected chi connectivity index (χ1v) is 6.55. The van der Waals surface area contributed by atoms with Crippen molar-refractivity contribution in [3.05, 3.63) is 29.8 Å². The molecule has 1 saturated heterocycles. The summed E-state index contributed by atoms with van der Waals surface area (Å²) in [6.07, 6.45) is 0. The normalized spacial score (nSPS) is 17.8. The molecule has 0 aliphatic carbocycles.